The lowest BCUT2D eigenvalue weighted by Gasteiger charge is -2.44. The molecule has 0 heterocycles. The van der Waals surface area contributed by atoms with E-state index in [1.807, 2.05) is 13.8 Å². The SMILES string of the molecule is C=C1/C(=C\C=C2/CCC[C@]3(C)[C@@H]([C@H](C)/C=C/[C@H](C)C(C)(C)O)CC[C@@H]23)C[C@H](O)C[C@H]1O. The van der Waals surface area contributed by atoms with Gasteiger partial charge in [-0.3, -0.25) is 0 Å². The molecule has 3 aliphatic rings. The molecule has 0 aromatic rings. The van der Waals surface area contributed by atoms with Crippen LogP contribution >= 0.6 is 0 Å². The van der Waals surface area contributed by atoms with Crippen molar-refractivity contribution in [3.05, 3.63) is 47.6 Å². The minimum atomic E-state index is -0.684. The van der Waals surface area contributed by atoms with Crippen LogP contribution in [0.5, 0.6) is 0 Å². The molecule has 174 valence electrons. The number of fused-ring (bicyclic) bond motifs is 1. The molecule has 0 bridgehead atoms. The zero-order valence-corrected chi connectivity index (χ0v) is 20.3. The fourth-order valence-electron chi connectivity index (χ4n) is 6.32. The number of hydrogen-bond acceptors (Lipinski definition) is 3. The molecule has 3 nitrogen and oxygen atoms in total. The van der Waals surface area contributed by atoms with Crippen LogP contribution < -0.4 is 0 Å². The minimum absolute atomic E-state index is 0.141. The Balaban J connectivity index is 1.76. The second kappa shape index (κ2) is 9.37. The van der Waals surface area contributed by atoms with Crippen LogP contribution in [0.1, 0.15) is 79.6 Å². The Bertz CT molecular complexity index is 753. The molecule has 0 radical (unpaired) electrons. The van der Waals surface area contributed by atoms with E-state index in [-0.39, 0.29) is 5.92 Å². The third-order valence-electron chi connectivity index (χ3n) is 8.75. The van der Waals surface area contributed by atoms with Crippen molar-refractivity contribution in [3.63, 3.8) is 0 Å². The summed E-state index contributed by atoms with van der Waals surface area (Å²) < 4.78 is 0. The van der Waals surface area contributed by atoms with Gasteiger partial charge in [0.25, 0.3) is 0 Å². The van der Waals surface area contributed by atoms with E-state index in [0.717, 1.165) is 17.6 Å². The van der Waals surface area contributed by atoms with E-state index in [2.05, 4.69) is 51.7 Å². The summed E-state index contributed by atoms with van der Waals surface area (Å²) in [4.78, 5) is 0. The van der Waals surface area contributed by atoms with Crippen molar-refractivity contribution in [3.8, 4) is 0 Å². The highest BCUT2D eigenvalue weighted by molar-refractivity contribution is 5.38. The summed E-state index contributed by atoms with van der Waals surface area (Å²) in [5.74, 6) is 1.91. The Morgan fingerprint density at radius 3 is 2.52 bits per heavy atom. The van der Waals surface area contributed by atoms with Crippen molar-refractivity contribution in [2.45, 2.75) is 97.4 Å². The highest BCUT2D eigenvalue weighted by Gasteiger charge is 2.50. The van der Waals surface area contributed by atoms with Crippen LogP contribution in [-0.2, 0) is 0 Å². The molecule has 0 spiro atoms. The molecule has 3 N–H and O–H groups in total. The second-order valence-electron chi connectivity index (χ2n) is 11.4. The van der Waals surface area contributed by atoms with Gasteiger partial charge in [-0.2, -0.15) is 0 Å². The van der Waals surface area contributed by atoms with E-state index >= 15 is 0 Å². The number of aliphatic hydroxyl groups excluding tert-OH is 2. The van der Waals surface area contributed by atoms with Gasteiger partial charge in [-0.05, 0) is 86.7 Å². The Morgan fingerprint density at radius 2 is 1.84 bits per heavy atom. The normalized spacial score (nSPS) is 39.3. The molecule has 3 fully saturated rings. The first-order chi connectivity index (χ1) is 14.4. The van der Waals surface area contributed by atoms with Crippen LogP contribution in [0.4, 0.5) is 0 Å². The summed E-state index contributed by atoms with van der Waals surface area (Å²) in [7, 11) is 0. The largest absolute Gasteiger partial charge is 0.393 e. The molecular weight excluding hydrogens is 384 g/mol. The quantitative estimate of drug-likeness (QED) is 0.490. The van der Waals surface area contributed by atoms with E-state index < -0.39 is 17.8 Å². The third kappa shape index (κ3) is 5.26. The summed E-state index contributed by atoms with van der Waals surface area (Å²) >= 11 is 0. The van der Waals surface area contributed by atoms with Gasteiger partial charge in [0.1, 0.15) is 0 Å². The monoisotopic (exact) mass is 428 g/mol. The lowest BCUT2D eigenvalue weighted by atomic mass is 9.61. The van der Waals surface area contributed by atoms with Crippen LogP contribution in [0.25, 0.3) is 0 Å². The molecule has 31 heavy (non-hydrogen) atoms. The summed E-state index contributed by atoms with van der Waals surface area (Å²) in [6.45, 7) is 14.7. The molecule has 0 aromatic carbocycles. The van der Waals surface area contributed by atoms with Gasteiger partial charge in [0, 0.05) is 12.3 Å². The molecule has 3 heteroatoms. The predicted octanol–water partition coefficient (Wildman–Crippen LogP) is 5.73. The molecule has 0 aliphatic heterocycles. The van der Waals surface area contributed by atoms with E-state index in [1.165, 1.54) is 31.3 Å². The number of hydrogen-bond donors (Lipinski definition) is 3. The maximum Gasteiger partial charge on any atom is 0.0811 e. The zero-order valence-electron chi connectivity index (χ0n) is 20.3. The first-order valence-corrected chi connectivity index (χ1v) is 12.3. The molecule has 0 aromatic heterocycles. The van der Waals surface area contributed by atoms with Gasteiger partial charge >= 0.3 is 0 Å². The Hall–Kier alpha value is -1.16. The smallest absolute Gasteiger partial charge is 0.0811 e. The molecule has 7 atom stereocenters. The number of allylic oxidation sites excluding steroid dienone is 4. The van der Waals surface area contributed by atoms with E-state index in [9.17, 15) is 15.3 Å². The summed E-state index contributed by atoms with van der Waals surface area (Å²) in [5.41, 5.74) is 2.93. The lowest BCUT2D eigenvalue weighted by molar-refractivity contribution is 0.0436. The topological polar surface area (TPSA) is 60.7 Å². The fraction of sp³-hybridized carbons (Fsp3) is 0.714. The molecule has 0 amide bonds. The summed E-state index contributed by atoms with van der Waals surface area (Å²) in [6, 6.07) is 0. The Morgan fingerprint density at radius 1 is 1.13 bits per heavy atom. The van der Waals surface area contributed by atoms with Gasteiger partial charge in [0.15, 0.2) is 0 Å². The first kappa shape index (κ1) is 24.5. The summed E-state index contributed by atoms with van der Waals surface area (Å²) in [6.07, 6.45) is 15.0. The Kier molecular flexibility index (Phi) is 7.40. The first-order valence-electron chi connectivity index (χ1n) is 12.3. The van der Waals surface area contributed by atoms with Crippen LogP contribution in [0.2, 0.25) is 0 Å². The number of rotatable bonds is 5. The Labute approximate surface area is 189 Å². The fourth-order valence-corrected chi connectivity index (χ4v) is 6.32. The molecule has 3 aliphatic carbocycles. The van der Waals surface area contributed by atoms with E-state index in [1.54, 1.807) is 0 Å². The average molecular weight is 429 g/mol. The second-order valence-corrected chi connectivity index (χ2v) is 11.4. The average Bonchev–Trinajstić information content (AvgIpc) is 3.04. The van der Waals surface area contributed by atoms with Gasteiger partial charge in [-0.15, -0.1) is 0 Å². The molecule has 3 saturated carbocycles. The lowest BCUT2D eigenvalue weighted by Crippen LogP contribution is -2.35. The van der Waals surface area contributed by atoms with E-state index in [4.69, 9.17) is 0 Å². The van der Waals surface area contributed by atoms with Gasteiger partial charge in [-0.1, -0.05) is 57.2 Å². The van der Waals surface area contributed by atoms with E-state index in [0.29, 0.717) is 36.0 Å². The highest BCUT2D eigenvalue weighted by Crippen LogP contribution is 2.59. The molecule has 3 rings (SSSR count). The maximum atomic E-state index is 10.3. The van der Waals surface area contributed by atoms with Gasteiger partial charge in [0.2, 0.25) is 0 Å². The van der Waals surface area contributed by atoms with Crippen LogP contribution in [0, 0.1) is 29.1 Å². The molecular formula is C28H44O3. The van der Waals surface area contributed by atoms with Gasteiger partial charge < -0.3 is 15.3 Å². The standard InChI is InChI=1S/C28H44O3/c1-18(9-10-19(2)27(4,5)31)24-13-14-25-21(8-7-15-28(24,25)6)11-12-22-16-23(29)17-26(30)20(22)3/h9-12,18-19,23-26,29-31H,3,7-8,13-17H2,1-2,4-6H3/b10-9+,21-11+,22-12-/t18-,19+,23+,24-,25+,26-,28-/m1/s1. The highest BCUT2D eigenvalue weighted by atomic mass is 16.3. The maximum absolute atomic E-state index is 10.3. The van der Waals surface area contributed by atoms with Crippen molar-refractivity contribution in [2.24, 2.45) is 29.1 Å². The van der Waals surface area contributed by atoms with Crippen molar-refractivity contribution in [2.75, 3.05) is 0 Å². The predicted molar refractivity (Wildman–Crippen MR) is 128 cm³/mol. The van der Waals surface area contributed by atoms with Crippen molar-refractivity contribution < 1.29 is 15.3 Å². The zero-order chi connectivity index (χ0) is 23.0. The molecule has 0 saturated heterocycles. The van der Waals surface area contributed by atoms with Crippen molar-refractivity contribution in [1.29, 1.82) is 0 Å². The van der Waals surface area contributed by atoms with Crippen LogP contribution in [0.15, 0.2) is 47.6 Å². The van der Waals surface area contributed by atoms with Crippen molar-refractivity contribution in [1.82, 2.24) is 0 Å². The molecule has 0 unspecified atom stereocenters. The minimum Gasteiger partial charge on any atom is -0.393 e. The van der Waals surface area contributed by atoms with Crippen LogP contribution in [-0.4, -0.2) is 33.1 Å². The summed E-state index contributed by atoms with van der Waals surface area (Å²) in [5, 5.41) is 30.4. The third-order valence-corrected chi connectivity index (χ3v) is 8.75. The van der Waals surface area contributed by atoms with Crippen LogP contribution in [0.3, 0.4) is 0 Å². The number of aliphatic hydroxyl groups is 3. The van der Waals surface area contributed by atoms with Crippen molar-refractivity contribution >= 4 is 0 Å². The van der Waals surface area contributed by atoms with Gasteiger partial charge in [0.05, 0.1) is 17.8 Å². The van der Waals surface area contributed by atoms with Gasteiger partial charge in [-0.25, -0.2) is 0 Å².